The molecule has 3 heterocycles. The highest BCUT2D eigenvalue weighted by Crippen LogP contribution is 2.30. The lowest BCUT2D eigenvalue weighted by atomic mass is 9.88. The van der Waals surface area contributed by atoms with Gasteiger partial charge in [-0.3, -0.25) is 4.79 Å². The standard InChI is InChI=1S/C18H22N4O3/c1-13(2)25-15-5-4-14(12-21-15)16(23)22-18(6-10-24-11-7-18)17-19-8-3-9-20-17/h3-5,8-9,12-13H,6-7,10-11H2,1-2H3,(H,22,23). The third-order valence-corrected chi connectivity index (χ3v) is 4.05. The molecule has 0 unspecified atom stereocenters. The summed E-state index contributed by atoms with van der Waals surface area (Å²) in [6.07, 6.45) is 6.19. The predicted octanol–water partition coefficient (Wildman–Crippen LogP) is 2.09. The Morgan fingerprint density at radius 1 is 1.20 bits per heavy atom. The summed E-state index contributed by atoms with van der Waals surface area (Å²) in [7, 11) is 0. The van der Waals surface area contributed by atoms with E-state index in [1.807, 2.05) is 13.8 Å². The van der Waals surface area contributed by atoms with E-state index in [1.54, 1.807) is 30.6 Å². The van der Waals surface area contributed by atoms with Crippen molar-refractivity contribution in [3.63, 3.8) is 0 Å². The molecule has 1 aliphatic rings. The number of hydrogen-bond donors (Lipinski definition) is 1. The van der Waals surface area contributed by atoms with Crippen LogP contribution < -0.4 is 10.1 Å². The topological polar surface area (TPSA) is 86.2 Å². The van der Waals surface area contributed by atoms with E-state index in [9.17, 15) is 4.79 Å². The van der Waals surface area contributed by atoms with Gasteiger partial charge in [-0.05, 0) is 26.0 Å². The van der Waals surface area contributed by atoms with Crippen LogP contribution in [0.1, 0.15) is 42.9 Å². The molecule has 0 aliphatic carbocycles. The second-order valence-electron chi connectivity index (χ2n) is 6.27. The molecule has 1 saturated heterocycles. The van der Waals surface area contributed by atoms with Crippen LogP contribution in [-0.2, 0) is 10.3 Å². The number of amides is 1. The first-order valence-corrected chi connectivity index (χ1v) is 8.39. The highest BCUT2D eigenvalue weighted by Gasteiger charge is 2.38. The molecule has 7 nitrogen and oxygen atoms in total. The van der Waals surface area contributed by atoms with E-state index in [0.717, 1.165) is 0 Å². The molecule has 25 heavy (non-hydrogen) atoms. The summed E-state index contributed by atoms with van der Waals surface area (Å²) in [6, 6.07) is 5.17. The van der Waals surface area contributed by atoms with E-state index >= 15 is 0 Å². The van der Waals surface area contributed by atoms with Crippen molar-refractivity contribution in [2.45, 2.75) is 38.3 Å². The Labute approximate surface area is 146 Å². The lowest BCUT2D eigenvalue weighted by molar-refractivity contribution is 0.0313. The van der Waals surface area contributed by atoms with Crippen LogP contribution in [0.3, 0.4) is 0 Å². The number of carbonyl (C=O) groups is 1. The van der Waals surface area contributed by atoms with Crippen molar-refractivity contribution in [1.29, 1.82) is 0 Å². The van der Waals surface area contributed by atoms with Crippen LogP contribution in [0.15, 0.2) is 36.8 Å². The van der Waals surface area contributed by atoms with E-state index in [-0.39, 0.29) is 12.0 Å². The van der Waals surface area contributed by atoms with Crippen molar-refractivity contribution >= 4 is 5.91 Å². The van der Waals surface area contributed by atoms with Crippen molar-refractivity contribution in [1.82, 2.24) is 20.3 Å². The normalized spacial score (nSPS) is 16.4. The largest absolute Gasteiger partial charge is 0.475 e. The molecule has 132 valence electrons. The van der Waals surface area contributed by atoms with Gasteiger partial charge in [0.15, 0.2) is 5.82 Å². The molecule has 0 aromatic carbocycles. The Bertz CT molecular complexity index is 698. The molecule has 0 atom stereocenters. The van der Waals surface area contributed by atoms with Gasteiger partial charge in [-0.25, -0.2) is 15.0 Å². The Morgan fingerprint density at radius 2 is 1.92 bits per heavy atom. The van der Waals surface area contributed by atoms with Gasteiger partial charge < -0.3 is 14.8 Å². The third-order valence-electron chi connectivity index (χ3n) is 4.05. The van der Waals surface area contributed by atoms with Crippen LogP contribution in [0.5, 0.6) is 5.88 Å². The van der Waals surface area contributed by atoms with Gasteiger partial charge in [0.2, 0.25) is 5.88 Å². The van der Waals surface area contributed by atoms with Gasteiger partial charge in [0, 0.05) is 50.7 Å². The minimum absolute atomic E-state index is 0.0351. The maximum atomic E-state index is 12.7. The first kappa shape index (κ1) is 17.3. The molecular formula is C18H22N4O3. The molecular weight excluding hydrogens is 320 g/mol. The average Bonchev–Trinajstić information content (AvgIpc) is 2.63. The molecule has 2 aromatic heterocycles. The van der Waals surface area contributed by atoms with Crippen molar-refractivity contribution in [2.24, 2.45) is 0 Å². The molecule has 2 aromatic rings. The fourth-order valence-electron chi connectivity index (χ4n) is 2.79. The van der Waals surface area contributed by atoms with Crippen molar-refractivity contribution in [3.8, 4) is 5.88 Å². The second-order valence-corrected chi connectivity index (χ2v) is 6.27. The Kier molecular flexibility index (Phi) is 5.23. The third kappa shape index (κ3) is 4.11. The highest BCUT2D eigenvalue weighted by atomic mass is 16.5. The lowest BCUT2D eigenvalue weighted by Gasteiger charge is -2.36. The fourth-order valence-corrected chi connectivity index (χ4v) is 2.79. The zero-order valence-corrected chi connectivity index (χ0v) is 14.4. The van der Waals surface area contributed by atoms with Gasteiger partial charge in [0.1, 0.15) is 5.54 Å². The average molecular weight is 342 g/mol. The fraction of sp³-hybridized carbons (Fsp3) is 0.444. The van der Waals surface area contributed by atoms with Gasteiger partial charge >= 0.3 is 0 Å². The van der Waals surface area contributed by atoms with E-state index < -0.39 is 5.54 Å². The minimum Gasteiger partial charge on any atom is -0.475 e. The number of nitrogens with zero attached hydrogens (tertiary/aromatic N) is 3. The molecule has 0 radical (unpaired) electrons. The van der Waals surface area contributed by atoms with Gasteiger partial charge in [0.25, 0.3) is 5.91 Å². The number of hydrogen-bond acceptors (Lipinski definition) is 6. The number of carbonyl (C=O) groups excluding carboxylic acids is 1. The predicted molar refractivity (Wildman–Crippen MR) is 91.2 cm³/mol. The SMILES string of the molecule is CC(C)Oc1ccc(C(=O)NC2(c3ncccn3)CCOCC2)cn1. The monoisotopic (exact) mass is 342 g/mol. The highest BCUT2D eigenvalue weighted by molar-refractivity contribution is 5.94. The molecule has 1 aliphatic heterocycles. The summed E-state index contributed by atoms with van der Waals surface area (Å²) in [4.78, 5) is 25.6. The Balaban J connectivity index is 1.79. The van der Waals surface area contributed by atoms with Gasteiger partial charge in [0.05, 0.1) is 11.7 Å². The number of rotatable bonds is 5. The summed E-state index contributed by atoms with van der Waals surface area (Å²) in [5.41, 5.74) is -0.151. The maximum absolute atomic E-state index is 12.7. The molecule has 1 N–H and O–H groups in total. The smallest absolute Gasteiger partial charge is 0.253 e. The van der Waals surface area contributed by atoms with Gasteiger partial charge in [-0.1, -0.05) is 0 Å². The van der Waals surface area contributed by atoms with Crippen molar-refractivity contribution in [2.75, 3.05) is 13.2 Å². The number of ether oxygens (including phenoxy) is 2. The van der Waals surface area contributed by atoms with E-state index in [0.29, 0.717) is 43.3 Å². The molecule has 3 rings (SSSR count). The number of pyridine rings is 1. The van der Waals surface area contributed by atoms with Crippen molar-refractivity contribution < 1.29 is 14.3 Å². The van der Waals surface area contributed by atoms with Crippen LogP contribution in [0.4, 0.5) is 0 Å². The summed E-state index contributed by atoms with van der Waals surface area (Å²) < 4.78 is 11.0. The first-order valence-electron chi connectivity index (χ1n) is 8.39. The quantitative estimate of drug-likeness (QED) is 0.895. The summed E-state index contributed by atoms with van der Waals surface area (Å²) in [5.74, 6) is 0.899. The van der Waals surface area contributed by atoms with E-state index in [2.05, 4.69) is 20.3 Å². The molecule has 0 spiro atoms. The van der Waals surface area contributed by atoms with Crippen LogP contribution >= 0.6 is 0 Å². The molecule has 0 saturated carbocycles. The molecule has 1 fully saturated rings. The lowest BCUT2D eigenvalue weighted by Crippen LogP contribution is -2.50. The van der Waals surface area contributed by atoms with E-state index in [1.165, 1.54) is 6.20 Å². The van der Waals surface area contributed by atoms with Crippen LogP contribution in [-0.4, -0.2) is 40.2 Å². The molecule has 1 amide bonds. The number of aromatic nitrogens is 3. The molecule has 7 heteroatoms. The van der Waals surface area contributed by atoms with Crippen LogP contribution in [0, 0.1) is 0 Å². The summed E-state index contributed by atoms with van der Waals surface area (Å²) in [6.45, 7) is 4.96. The van der Waals surface area contributed by atoms with Crippen molar-refractivity contribution in [3.05, 3.63) is 48.2 Å². The minimum atomic E-state index is -0.621. The van der Waals surface area contributed by atoms with E-state index in [4.69, 9.17) is 9.47 Å². The molecule has 0 bridgehead atoms. The second kappa shape index (κ2) is 7.57. The Morgan fingerprint density at radius 3 is 2.52 bits per heavy atom. The first-order chi connectivity index (χ1) is 12.1. The summed E-state index contributed by atoms with van der Waals surface area (Å²) >= 11 is 0. The zero-order valence-electron chi connectivity index (χ0n) is 14.4. The van der Waals surface area contributed by atoms with Gasteiger partial charge in [-0.2, -0.15) is 0 Å². The number of nitrogens with one attached hydrogen (secondary N) is 1. The zero-order chi connectivity index (χ0) is 17.7. The summed E-state index contributed by atoms with van der Waals surface area (Å²) in [5, 5.41) is 3.10. The maximum Gasteiger partial charge on any atom is 0.253 e. The Hall–Kier alpha value is -2.54. The van der Waals surface area contributed by atoms with Gasteiger partial charge in [-0.15, -0.1) is 0 Å². The van der Waals surface area contributed by atoms with Crippen LogP contribution in [0.25, 0.3) is 0 Å². The van der Waals surface area contributed by atoms with Crippen LogP contribution in [0.2, 0.25) is 0 Å².